The van der Waals surface area contributed by atoms with E-state index in [9.17, 15) is 10.1 Å². The maximum absolute atomic E-state index is 10.7. The van der Waals surface area contributed by atoms with Crippen LogP contribution < -0.4 is 4.74 Å². The molecule has 20 heavy (non-hydrogen) atoms. The summed E-state index contributed by atoms with van der Waals surface area (Å²) < 4.78 is 11.3. The minimum absolute atomic E-state index is 0.0227. The summed E-state index contributed by atoms with van der Waals surface area (Å²) in [4.78, 5) is 12.6. The van der Waals surface area contributed by atoms with Crippen LogP contribution in [0.15, 0.2) is 24.3 Å². The zero-order chi connectivity index (χ0) is 14.4. The molecule has 6 nitrogen and oxygen atoms in total. The SMILES string of the molecule is CCCN1CCO[C@@H](COc2cccc([N+](=O)[O-])c2)C1. The summed E-state index contributed by atoms with van der Waals surface area (Å²) in [5, 5.41) is 10.7. The van der Waals surface area contributed by atoms with Gasteiger partial charge in [-0.1, -0.05) is 13.0 Å². The lowest BCUT2D eigenvalue weighted by atomic mass is 10.2. The molecule has 0 bridgehead atoms. The number of hydrogen-bond acceptors (Lipinski definition) is 5. The van der Waals surface area contributed by atoms with E-state index in [1.807, 2.05) is 0 Å². The Morgan fingerprint density at radius 1 is 1.55 bits per heavy atom. The van der Waals surface area contributed by atoms with Crippen LogP contribution in [0.5, 0.6) is 5.75 Å². The molecule has 1 aromatic carbocycles. The fourth-order valence-electron chi connectivity index (χ4n) is 2.28. The summed E-state index contributed by atoms with van der Waals surface area (Å²) in [6, 6.07) is 6.23. The van der Waals surface area contributed by atoms with Crippen LogP contribution in [0.1, 0.15) is 13.3 Å². The first-order valence-corrected chi connectivity index (χ1v) is 6.90. The van der Waals surface area contributed by atoms with Crippen molar-refractivity contribution >= 4 is 5.69 Å². The van der Waals surface area contributed by atoms with Crippen molar-refractivity contribution in [2.45, 2.75) is 19.4 Å². The van der Waals surface area contributed by atoms with Gasteiger partial charge in [0.15, 0.2) is 0 Å². The zero-order valence-corrected chi connectivity index (χ0v) is 11.7. The van der Waals surface area contributed by atoms with E-state index < -0.39 is 4.92 Å². The van der Waals surface area contributed by atoms with E-state index in [1.165, 1.54) is 12.1 Å². The topological polar surface area (TPSA) is 64.8 Å². The molecular formula is C14H20N2O4. The van der Waals surface area contributed by atoms with Crippen LogP contribution in [-0.4, -0.2) is 48.8 Å². The molecule has 110 valence electrons. The van der Waals surface area contributed by atoms with Crippen molar-refractivity contribution in [1.29, 1.82) is 0 Å². The number of rotatable bonds is 6. The number of non-ortho nitro benzene ring substituents is 1. The van der Waals surface area contributed by atoms with Crippen LogP contribution in [-0.2, 0) is 4.74 Å². The molecule has 1 heterocycles. The Balaban J connectivity index is 1.85. The highest BCUT2D eigenvalue weighted by atomic mass is 16.6. The molecule has 0 spiro atoms. The Bertz CT molecular complexity index is 451. The minimum Gasteiger partial charge on any atom is -0.491 e. The number of ether oxygens (including phenoxy) is 2. The van der Waals surface area contributed by atoms with Crippen molar-refractivity contribution in [3.63, 3.8) is 0 Å². The van der Waals surface area contributed by atoms with E-state index >= 15 is 0 Å². The summed E-state index contributed by atoms with van der Waals surface area (Å²) in [6.45, 7) is 6.16. The van der Waals surface area contributed by atoms with Crippen molar-refractivity contribution in [2.24, 2.45) is 0 Å². The summed E-state index contributed by atoms with van der Waals surface area (Å²) in [6.07, 6.45) is 1.15. The number of nitro benzene ring substituents is 1. The molecule has 1 atom stereocenters. The minimum atomic E-state index is -0.424. The lowest BCUT2D eigenvalue weighted by molar-refractivity contribution is -0.384. The number of nitro groups is 1. The molecule has 0 saturated carbocycles. The first-order chi connectivity index (χ1) is 9.69. The first kappa shape index (κ1) is 14.7. The molecule has 0 aromatic heterocycles. The van der Waals surface area contributed by atoms with Gasteiger partial charge in [-0.25, -0.2) is 0 Å². The molecule has 6 heteroatoms. The molecule has 1 saturated heterocycles. The van der Waals surface area contributed by atoms with Gasteiger partial charge in [0.05, 0.1) is 17.6 Å². The Morgan fingerprint density at radius 3 is 3.15 bits per heavy atom. The van der Waals surface area contributed by atoms with E-state index in [0.717, 1.165) is 26.1 Å². The summed E-state index contributed by atoms with van der Waals surface area (Å²) in [7, 11) is 0. The van der Waals surface area contributed by atoms with Crippen LogP contribution >= 0.6 is 0 Å². The number of benzene rings is 1. The Hall–Kier alpha value is -1.66. The van der Waals surface area contributed by atoms with E-state index in [-0.39, 0.29) is 11.8 Å². The third kappa shape index (κ3) is 4.18. The lowest BCUT2D eigenvalue weighted by Gasteiger charge is -2.32. The highest BCUT2D eigenvalue weighted by Gasteiger charge is 2.20. The maximum Gasteiger partial charge on any atom is 0.273 e. The van der Waals surface area contributed by atoms with Crippen LogP contribution in [0, 0.1) is 10.1 Å². The van der Waals surface area contributed by atoms with Crippen molar-refractivity contribution in [3.8, 4) is 5.75 Å². The Kier molecular flexibility index (Phi) is 5.31. The average Bonchev–Trinajstić information content (AvgIpc) is 2.46. The van der Waals surface area contributed by atoms with Crippen LogP contribution in [0.3, 0.4) is 0 Å². The van der Waals surface area contributed by atoms with Crippen molar-refractivity contribution in [2.75, 3.05) is 32.8 Å². The Morgan fingerprint density at radius 2 is 2.40 bits per heavy atom. The Labute approximate surface area is 118 Å². The predicted octanol–water partition coefficient (Wildman–Crippen LogP) is 2.08. The van der Waals surface area contributed by atoms with E-state index in [2.05, 4.69) is 11.8 Å². The van der Waals surface area contributed by atoms with Crippen LogP contribution in [0.4, 0.5) is 5.69 Å². The monoisotopic (exact) mass is 280 g/mol. The highest BCUT2D eigenvalue weighted by molar-refractivity contribution is 5.37. The largest absolute Gasteiger partial charge is 0.491 e. The molecular weight excluding hydrogens is 260 g/mol. The summed E-state index contributed by atoms with van der Waals surface area (Å²) in [5.41, 5.74) is 0.0414. The quantitative estimate of drug-likeness (QED) is 0.589. The van der Waals surface area contributed by atoms with Gasteiger partial charge in [0.25, 0.3) is 5.69 Å². The standard InChI is InChI=1S/C14H20N2O4/c1-2-6-15-7-8-19-14(10-15)11-20-13-5-3-4-12(9-13)16(17)18/h3-5,9,14H,2,6-8,10-11H2,1H3/t14-/m1/s1. The van der Waals surface area contributed by atoms with E-state index in [0.29, 0.717) is 19.0 Å². The van der Waals surface area contributed by atoms with Crippen molar-refractivity contribution < 1.29 is 14.4 Å². The van der Waals surface area contributed by atoms with Gasteiger partial charge < -0.3 is 9.47 Å². The third-order valence-corrected chi connectivity index (χ3v) is 3.23. The second-order valence-corrected chi connectivity index (χ2v) is 4.86. The summed E-state index contributed by atoms with van der Waals surface area (Å²) in [5.74, 6) is 0.510. The van der Waals surface area contributed by atoms with Gasteiger partial charge in [0, 0.05) is 19.2 Å². The van der Waals surface area contributed by atoms with E-state index in [1.54, 1.807) is 12.1 Å². The van der Waals surface area contributed by atoms with Crippen LogP contribution in [0.25, 0.3) is 0 Å². The molecule has 1 aliphatic rings. The second kappa shape index (κ2) is 7.21. The molecule has 2 rings (SSSR count). The number of nitrogens with zero attached hydrogens (tertiary/aromatic N) is 2. The van der Waals surface area contributed by atoms with Gasteiger partial charge in [-0.2, -0.15) is 0 Å². The molecule has 0 amide bonds. The van der Waals surface area contributed by atoms with Gasteiger partial charge in [-0.3, -0.25) is 15.0 Å². The first-order valence-electron chi connectivity index (χ1n) is 6.90. The highest BCUT2D eigenvalue weighted by Crippen LogP contribution is 2.19. The molecule has 1 aliphatic heterocycles. The van der Waals surface area contributed by atoms with Crippen molar-refractivity contribution in [3.05, 3.63) is 34.4 Å². The lowest BCUT2D eigenvalue weighted by Crippen LogP contribution is -2.45. The number of hydrogen-bond donors (Lipinski definition) is 0. The summed E-state index contributed by atoms with van der Waals surface area (Å²) >= 11 is 0. The fourth-order valence-corrected chi connectivity index (χ4v) is 2.28. The normalized spacial score (nSPS) is 19.8. The van der Waals surface area contributed by atoms with Gasteiger partial charge in [-0.05, 0) is 19.0 Å². The van der Waals surface area contributed by atoms with Gasteiger partial charge in [0.1, 0.15) is 18.5 Å². The molecule has 0 N–H and O–H groups in total. The van der Waals surface area contributed by atoms with Crippen molar-refractivity contribution in [1.82, 2.24) is 4.90 Å². The number of morpholine rings is 1. The molecule has 1 fully saturated rings. The smallest absolute Gasteiger partial charge is 0.273 e. The van der Waals surface area contributed by atoms with Gasteiger partial charge in [0.2, 0.25) is 0 Å². The average molecular weight is 280 g/mol. The van der Waals surface area contributed by atoms with Crippen LogP contribution in [0.2, 0.25) is 0 Å². The zero-order valence-electron chi connectivity index (χ0n) is 11.7. The fraction of sp³-hybridized carbons (Fsp3) is 0.571. The molecule has 0 aliphatic carbocycles. The maximum atomic E-state index is 10.7. The predicted molar refractivity (Wildman–Crippen MR) is 75.1 cm³/mol. The van der Waals surface area contributed by atoms with E-state index in [4.69, 9.17) is 9.47 Å². The second-order valence-electron chi connectivity index (χ2n) is 4.86. The van der Waals surface area contributed by atoms with Gasteiger partial charge in [-0.15, -0.1) is 0 Å². The third-order valence-electron chi connectivity index (χ3n) is 3.23. The molecule has 0 radical (unpaired) electrons. The molecule has 1 aromatic rings. The molecule has 0 unspecified atom stereocenters. The van der Waals surface area contributed by atoms with Gasteiger partial charge >= 0.3 is 0 Å².